The number of carbonyl (C=O) groups excluding carboxylic acids is 2. The van der Waals surface area contributed by atoms with E-state index < -0.39 is 23.2 Å². The van der Waals surface area contributed by atoms with Crippen molar-refractivity contribution in [1.82, 2.24) is 10.3 Å². The topological polar surface area (TPSA) is 77.5 Å². The van der Waals surface area contributed by atoms with Gasteiger partial charge in [-0.1, -0.05) is 15.9 Å². The van der Waals surface area contributed by atoms with Crippen molar-refractivity contribution in [3.8, 4) is 0 Å². The number of hydrogen-bond donors (Lipinski definition) is 1. The Bertz CT molecular complexity index is 542. The van der Waals surface area contributed by atoms with Gasteiger partial charge in [-0.3, -0.25) is 4.98 Å². The van der Waals surface area contributed by atoms with Gasteiger partial charge >= 0.3 is 12.1 Å². The maximum atomic E-state index is 12.1. The Morgan fingerprint density at radius 3 is 2.38 bits per heavy atom. The van der Waals surface area contributed by atoms with Crippen molar-refractivity contribution >= 4 is 28.0 Å². The minimum absolute atomic E-state index is 0.342. The molecule has 21 heavy (non-hydrogen) atoms. The highest BCUT2D eigenvalue weighted by Crippen LogP contribution is 2.24. The minimum atomic E-state index is -1.44. The number of nitrogens with one attached hydrogen (secondary N) is 1. The zero-order valence-corrected chi connectivity index (χ0v) is 14.3. The molecular formula is C14H19BrN2O4. The summed E-state index contributed by atoms with van der Waals surface area (Å²) in [6, 6.07) is 3.35. The van der Waals surface area contributed by atoms with Gasteiger partial charge in [0.05, 0.1) is 12.8 Å². The van der Waals surface area contributed by atoms with E-state index in [1.165, 1.54) is 20.2 Å². The average molecular weight is 359 g/mol. The predicted molar refractivity (Wildman–Crippen MR) is 80.7 cm³/mol. The van der Waals surface area contributed by atoms with Crippen molar-refractivity contribution in [1.29, 1.82) is 0 Å². The van der Waals surface area contributed by atoms with Crippen LogP contribution in [0.5, 0.6) is 0 Å². The second-order valence-corrected chi connectivity index (χ2v) is 6.52. The van der Waals surface area contributed by atoms with E-state index in [-0.39, 0.29) is 0 Å². The van der Waals surface area contributed by atoms with E-state index in [1.807, 2.05) is 0 Å². The van der Waals surface area contributed by atoms with E-state index in [0.29, 0.717) is 5.69 Å². The van der Waals surface area contributed by atoms with Crippen LogP contribution in [0.15, 0.2) is 22.8 Å². The van der Waals surface area contributed by atoms with Crippen molar-refractivity contribution in [3.63, 3.8) is 0 Å². The number of amides is 1. The molecule has 0 aliphatic heterocycles. The summed E-state index contributed by atoms with van der Waals surface area (Å²) in [4.78, 5) is 28.2. The van der Waals surface area contributed by atoms with Crippen LogP contribution >= 0.6 is 15.9 Å². The molecule has 1 heterocycles. The molecule has 0 saturated carbocycles. The second kappa shape index (κ2) is 6.43. The SMILES string of the molecule is COC(=O)[C@](C)(NC(=O)OC(C)(C)C)c1cc(Br)ccn1. The first-order chi connectivity index (χ1) is 9.58. The van der Waals surface area contributed by atoms with Gasteiger partial charge in [0.1, 0.15) is 5.60 Å². The molecular weight excluding hydrogens is 340 g/mol. The lowest BCUT2D eigenvalue weighted by molar-refractivity contribution is -0.148. The number of aromatic nitrogens is 1. The summed E-state index contributed by atoms with van der Waals surface area (Å²) in [6.07, 6.45) is 0.800. The number of hydrogen-bond acceptors (Lipinski definition) is 5. The molecule has 116 valence electrons. The van der Waals surface area contributed by atoms with Gasteiger partial charge in [0, 0.05) is 10.7 Å². The normalized spacial score (nSPS) is 14.0. The van der Waals surface area contributed by atoms with Crippen LogP contribution in [0.4, 0.5) is 4.79 Å². The number of carbonyl (C=O) groups is 2. The number of esters is 1. The highest BCUT2D eigenvalue weighted by molar-refractivity contribution is 9.10. The van der Waals surface area contributed by atoms with Gasteiger partial charge in [-0.05, 0) is 39.8 Å². The third-order valence-corrected chi connectivity index (χ3v) is 3.07. The zero-order valence-electron chi connectivity index (χ0n) is 12.7. The molecule has 1 aromatic rings. The Morgan fingerprint density at radius 2 is 1.90 bits per heavy atom. The van der Waals surface area contributed by atoms with Crippen LogP contribution in [-0.2, 0) is 19.8 Å². The van der Waals surface area contributed by atoms with Crippen LogP contribution in [0.3, 0.4) is 0 Å². The van der Waals surface area contributed by atoms with E-state index in [4.69, 9.17) is 9.47 Å². The van der Waals surface area contributed by atoms with Crippen LogP contribution in [-0.4, -0.2) is 29.8 Å². The quantitative estimate of drug-likeness (QED) is 0.840. The fourth-order valence-corrected chi connectivity index (χ4v) is 1.94. The van der Waals surface area contributed by atoms with E-state index in [2.05, 4.69) is 26.2 Å². The molecule has 0 bridgehead atoms. The Balaban J connectivity index is 3.11. The van der Waals surface area contributed by atoms with Gasteiger partial charge in [0.2, 0.25) is 0 Å². The maximum Gasteiger partial charge on any atom is 0.408 e. The van der Waals surface area contributed by atoms with Crippen LogP contribution < -0.4 is 5.32 Å². The lowest BCUT2D eigenvalue weighted by Crippen LogP contribution is -2.52. The molecule has 0 radical (unpaired) electrons. The summed E-state index contributed by atoms with van der Waals surface area (Å²) >= 11 is 3.30. The molecule has 0 aliphatic rings. The number of ether oxygens (including phenoxy) is 2. The Labute approximate surface area is 132 Å². The molecule has 1 atom stereocenters. The summed E-state index contributed by atoms with van der Waals surface area (Å²) in [7, 11) is 1.25. The molecule has 1 rings (SSSR count). The van der Waals surface area contributed by atoms with Crippen molar-refractivity contribution < 1.29 is 19.1 Å². The number of alkyl carbamates (subject to hydrolysis) is 1. The zero-order chi connectivity index (χ0) is 16.3. The maximum absolute atomic E-state index is 12.1. The Kier molecular flexibility index (Phi) is 5.33. The molecule has 7 heteroatoms. The van der Waals surface area contributed by atoms with E-state index in [9.17, 15) is 9.59 Å². The van der Waals surface area contributed by atoms with Gasteiger partial charge in [-0.25, -0.2) is 9.59 Å². The summed E-state index contributed by atoms with van der Waals surface area (Å²) in [5.74, 6) is -0.640. The van der Waals surface area contributed by atoms with Crippen molar-refractivity contribution in [2.75, 3.05) is 7.11 Å². The summed E-state index contributed by atoms with van der Waals surface area (Å²) < 4.78 is 10.7. The van der Waals surface area contributed by atoms with Gasteiger partial charge in [-0.2, -0.15) is 0 Å². The van der Waals surface area contributed by atoms with E-state index in [0.717, 1.165) is 4.47 Å². The molecule has 0 spiro atoms. The summed E-state index contributed by atoms with van der Waals surface area (Å²) in [6.45, 7) is 6.72. The van der Waals surface area contributed by atoms with Gasteiger partial charge in [0.25, 0.3) is 0 Å². The highest BCUT2D eigenvalue weighted by atomic mass is 79.9. The van der Waals surface area contributed by atoms with Crippen molar-refractivity contribution in [3.05, 3.63) is 28.5 Å². The lowest BCUT2D eigenvalue weighted by atomic mass is 9.97. The molecule has 0 saturated heterocycles. The first-order valence-corrected chi connectivity index (χ1v) is 7.09. The first-order valence-electron chi connectivity index (χ1n) is 6.30. The summed E-state index contributed by atoms with van der Waals surface area (Å²) in [5, 5.41) is 2.53. The van der Waals surface area contributed by atoms with Crippen LogP contribution in [0.25, 0.3) is 0 Å². The predicted octanol–water partition coefficient (Wildman–Crippen LogP) is 2.76. The van der Waals surface area contributed by atoms with E-state index in [1.54, 1.807) is 32.9 Å². The van der Waals surface area contributed by atoms with Crippen LogP contribution in [0, 0.1) is 0 Å². The monoisotopic (exact) mass is 358 g/mol. The largest absolute Gasteiger partial charge is 0.467 e. The molecule has 1 amide bonds. The average Bonchev–Trinajstić information content (AvgIpc) is 2.35. The number of methoxy groups -OCH3 is 1. The Hall–Kier alpha value is -1.63. The fraction of sp³-hybridized carbons (Fsp3) is 0.500. The molecule has 0 fully saturated rings. The molecule has 6 nitrogen and oxygen atoms in total. The lowest BCUT2D eigenvalue weighted by Gasteiger charge is -2.29. The van der Waals surface area contributed by atoms with Crippen LogP contribution in [0.2, 0.25) is 0 Å². The van der Waals surface area contributed by atoms with Gasteiger partial charge in [-0.15, -0.1) is 0 Å². The smallest absolute Gasteiger partial charge is 0.408 e. The molecule has 0 aliphatic carbocycles. The third-order valence-electron chi connectivity index (χ3n) is 2.58. The molecule has 0 aromatic carbocycles. The number of nitrogens with zero attached hydrogens (tertiary/aromatic N) is 1. The number of halogens is 1. The fourth-order valence-electron chi connectivity index (χ4n) is 1.61. The Morgan fingerprint density at radius 1 is 1.29 bits per heavy atom. The molecule has 1 aromatic heterocycles. The third kappa shape index (κ3) is 4.70. The standard InChI is InChI=1S/C14H19BrN2O4/c1-13(2,3)21-12(19)17-14(4,11(18)20-5)10-8-9(15)6-7-16-10/h6-8H,1-5H3,(H,17,19)/t14-/m1/s1. The van der Waals surface area contributed by atoms with Crippen molar-refractivity contribution in [2.45, 2.75) is 38.8 Å². The molecule has 0 unspecified atom stereocenters. The first kappa shape index (κ1) is 17.4. The highest BCUT2D eigenvalue weighted by Gasteiger charge is 2.40. The van der Waals surface area contributed by atoms with Crippen LogP contribution in [0.1, 0.15) is 33.4 Å². The summed E-state index contributed by atoms with van der Waals surface area (Å²) in [5.41, 5.74) is -1.78. The van der Waals surface area contributed by atoms with E-state index >= 15 is 0 Å². The van der Waals surface area contributed by atoms with Gasteiger partial charge < -0.3 is 14.8 Å². The number of pyridine rings is 1. The molecule has 1 N–H and O–H groups in total. The second-order valence-electron chi connectivity index (χ2n) is 5.60. The number of rotatable bonds is 3. The van der Waals surface area contributed by atoms with Crippen molar-refractivity contribution in [2.24, 2.45) is 0 Å². The minimum Gasteiger partial charge on any atom is -0.467 e. The van der Waals surface area contributed by atoms with Gasteiger partial charge in [0.15, 0.2) is 5.54 Å².